The first-order valence-electron chi connectivity index (χ1n) is 7.65. The Morgan fingerprint density at radius 3 is 2.56 bits per heavy atom. The number of thiazole rings is 1. The summed E-state index contributed by atoms with van der Waals surface area (Å²) in [6.45, 7) is 6.66. The quantitative estimate of drug-likeness (QED) is 0.394. The standard InChI is InChI=1S/C16H18FN2O5PS2/c1-16(2,3)24-15(21)13-14(26-9-18-13)19(25-4)27(22,23)11-6-5-10(8-20)12(17)7-11/h5-9,25H,1-4H3. The van der Waals surface area contributed by atoms with E-state index in [1.807, 2.05) is 0 Å². The van der Waals surface area contributed by atoms with E-state index in [0.29, 0.717) is 6.29 Å². The first-order chi connectivity index (χ1) is 12.5. The van der Waals surface area contributed by atoms with E-state index in [2.05, 4.69) is 4.98 Å². The molecule has 146 valence electrons. The van der Waals surface area contributed by atoms with Gasteiger partial charge in [-0.2, -0.15) is 0 Å². The van der Waals surface area contributed by atoms with Crippen molar-refractivity contribution in [2.45, 2.75) is 31.3 Å². The third-order valence-electron chi connectivity index (χ3n) is 3.17. The normalized spacial score (nSPS) is 12.3. The highest BCUT2D eigenvalue weighted by Crippen LogP contribution is 2.38. The predicted molar refractivity (Wildman–Crippen MR) is 103 cm³/mol. The van der Waals surface area contributed by atoms with Crippen LogP contribution in [0.4, 0.5) is 9.39 Å². The Kier molecular flexibility index (Phi) is 6.34. The van der Waals surface area contributed by atoms with E-state index < -0.39 is 27.4 Å². The van der Waals surface area contributed by atoms with Gasteiger partial charge < -0.3 is 4.74 Å². The van der Waals surface area contributed by atoms with Crippen molar-refractivity contribution in [2.24, 2.45) is 0 Å². The minimum atomic E-state index is -4.17. The summed E-state index contributed by atoms with van der Waals surface area (Å²) in [4.78, 5) is 26.7. The molecule has 7 nitrogen and oxygen atoms in total. The minimum absolute atomic E-state index is 0.0879. The van der Waals surface area contributed by atoms with Crippen molar-refractivity contribution in [2.75, 3.05) is 10.7 Å². The number of ether oxygens (including phenoxy) is 1. The molecule has 1 heterocycles. The molecule has 11 heteroatoms. The Morgan fingerprint density at radius 1 is 1.37 bits per heavy atom. The first-order valence-corrected chi connectivity index (χ1v) is 11.4. The number of nitrogens with zero attached hydrogens (tertiary/aromatic N) is 2. The number of carbonyl (C=O) groups is 2. The molecule has 0 aliphatic carbocycles. The molecule has 2 rings (SSSR count). The third-order valence-corrected chi connectivity index (χ3v) is 7.66. The van der Waals surface area contributed by atoms with Crippen molar-refractivity contribution in [3.63, 3.8) is 0 Å². The van der Waals surface area contributed by atoms with Crippen LogP contribution >= 0.6 is 20.1 Å². The van der Waals surface area contributed by atoms with Gasteiger partial charge in [-0.25, -0.2) is 26.7 Å². The molecule has 0 saturated heterocycles. The molecule has 0 fully saturated rings. The zero-order chi connectivity index (χ0) is 20.4. The summed E-state index contributed by atoms with van der Waals surface area (Å²) in [5.41, 5.74) is 0.196. The lowest BCUT2D eigenvalue weighted by Gasteiger charge is -2.23. The third kappa shape index (κ3) is 4.69. The largest absolute Gasteiger partial charge is 0.455 e. The molecule has 0 radical (unpaired) electrons. The second-order valence-electron chi connectivity index (χ2n) is 6.30. The monoisotopic (exact) mass is 432 g/mol. The number of esters is 1. The number of sulfonamides is 1. The molecule has 0 bridgehead atoms. The minimum Gasteiger partial charge on any atom is -0.455 e. The first kappa shape index (κ1) is 21.4. The van der Waals surface area contributed by atoms with Crippen LogP contribution in [-0.4, -0.2) is 37.9 Å². The smallest absolute Gasteiger partial charge is 0.360 e. The van der Waals surface area contributed by atoms with Gasteiger partial charge in [0.05, 0.1) is 16.0 Å². The van der Waals surface area contributed by atoms with E-state index in [1.54, 1.807) is 27.4 Å². The van der Waals surface area contributed by atoms with E-state index in [4.69, 9.17) is 4.74 Å². The molecule has 0 aliphatic heterocycles. The molecule has 1 aromatic heterocycles. The van der Waals surface area contributed by atoms with E-state index in [1.165, 1.54) is 5.51 Å². The second kappa shape index (κ2) is 8.00. The fraction of sp³-hybridized carbons (Fsp3) is 0.312. The highest BCUT2D eigenvalue weighted by Gasteiger charge is 2.32. The fourth-order valence-corrected chi connectivity index (χ4v) is 6.10. The molecule has 2 aromatic rings. The molecule has 1 unspecified atom stereocenters. The summed E-state index contributed by atoms with van der Waals surface area (Å²) in [6.07, 6.45) is 0.300. The highest BCUT2D eigenvalue weighted by molar-refractivity contribution is 7.98. The summed E-state index contributed by atoms with van der Waals surface area (Å²) in [7, 11) is -4.46. The Morgan fingerprint density at radius 2 is 2.04 bits per heavy atom. The van der Waals surface area contributed by atoms with Crippen molar-refractivity contribution in [3.05, 3.63) is 40.8 Å². The van der Waals surface area contributed by atoms with Gasteiger partial charge in [-0.1, -0.05) is 0 Å². The summed E-state index contributed by atoms with van der Waals surface area (Å²) in [5, 5.41) is 0.0879. The maximum Gasteiger partial charge on any atom is 0.360 e. The van der Waals surface area contributed by atoms with Gasteiger partial charge in [-0.05, 0) is 54.4 Å². The predicted octanol–water partition coefficient (Wildman–Crippen LogP) is 3.47. The number of rotatable bonds is 6. The molecule has 0 saturated carbocycles. The van der Waals surface area contributed by atoms with Crippen molar-refractivity contribution in [3.8, 4) is 0 Å². The molecule has 0 amide bonds. The Balaban J connectivity index is 2.48. The van der Waals surface area contributed by atoms with Crippen molar-refractivity contribution < 1.29 is 27.1 Å². The number of anilines is 1. The number of benzene rings is 1. The van der Waals surface area contributed by atoms with Crippen LogP contribution in [-0.2, 0) is 14.8 Å². The molecular formula is C16H18FN2O5PS2. The Hall–Kier alpha value is -1.90. The molecule has 1 atom stereocenters. The number of hydrogen-bond donors (Lipinski definition) is 0. The number of aromatic nitrogens is 1. The number of aldehydes is 1. The second-order valence-corrected chi connectivity index (χ2v) is 10.1. The van der Waals surface area contributed by atoms with Gasteiger partial charge >= 0.3 is 5.97 Å². The molecule has 0 spiro atoms. The molecule has 0 N–H and O–H groups in total. The van der Waals surface area contributed by atoms with Gasteiger partial charge in [0.2, 0.25) is 0 Å². The van der Waals surface area contributed by atoms with Gasteiger partial charge in [0, 0.05) is 0 Å². The molecular weight excluding hydrogens is 414 g/mol. The summed E-state index contributed by atoms with van der Waals surface area (Å²) in [6, 6.07) is 3.01. The van der Waals surface area contributed by atoms with E-state index >= 15 is 0 Å². The van der Waals surface area contributed by atoms with Crippen LogP contribution in [0.25, 0.3) is 0 Å². The zero-order valence-electron chi connectivity index (χ0n) is 15.0. The topological polar surface area (TPSA) is 93.6 Å². The molecule has 27 heavy (non-hydrogen) atoms. The maximum atomic E-state index is 13.9. The van der Waals surface area contributed by atoms with Crippen LogP contribution in [0.5, 0.6) is 0 Å². The summed E-state index contributed by atoms with van der Waals surface area (Å²) < 4.78 is 46.1. The van der Waals surface area contributed by atoms with Gasteiger partial charge in [-0.15, -0.1) is 11.3 Å². The van der Waals surface area contributed by atoms with Crippen molar-refractivity contribution in [1.82, 2.24) is 4.98 Å². The van der Waals surface area contributed by atoms with E-state index in [0.717, 1.165) is 33.6 Å². The van der Waals surface area contributed by atoms with E-state index in [9.17, 15) is 22.4 Å². The number of hydrogen-bond acceptors (Lipinski definition) is 7. The van der Waals surface area contributed by atoms with Crippen molar-refractivity contribution in [1.29, 1.82) is 0 Å². The van der Waals surface area contributed by atoms with Gasteiger partial charge in [0.25, 0.3) is 10.0 Å². The number of carbonyl (C=O) groups excluding carboxylic acids is 2. The van der Waals surface area contributed by atoms with Crippen LogP contribution in [0.2, 0.25) is 0 Å². The van der Waals surface area contributed by atoms with Gasteiger partial charge in [0.15, 0.2) is 12.0 Å². The van der Waals surface area contributed by atoms with Crippen LogP contribution < -0.4 is 4.08 Å². The molecule has 1 aromatic carbocycles. The van der Waals surface area contributed by atoms with E-state index in [-0.39, 0.29) is 29.9 Å². The Labute approximate surface area is 162 Å². The average molecular weight is 432 g/mol. The average Bonchev–Trinajstić information content (AvgIpc) is 3.03. The van der Waals surface area contributed by atoms with Gasteiger partial charge in [-0.3, -0.25) is 4.79 Å². The SMILES string of the molecule is CPN(c1scnc1C(=O)OC(C)(C)C)S(=O)(=O)c1ccc(C=O)c(F)c1. The number of halogens is 1. The van der Waals surface area contributed by atoms with Crippen LogP contribution in [0.15, 0.2) is 28.6 Å². The summed E-state index contributed by atoms with van der Waals surface area (Å²) >= 11 is 0.962. The van der Waals surface area contributed by atoms with Crippen LogP contribution in [0, 0.1) is 5.82 Å². The fourth-order valence-electron chi connectivity index (χ4n) is 2.05. The van der Waals surface area contributed by atoms with Crippen molar-refractivity contribution >= 4 is 47.3 Å². The lowest BCUT2D eigenvalue weighted by molar-refractivity contribution is 0.00647. The summed E-state index contributed by atoms with van der Waals surface area (Å²) in [5.74, 6) is -1.69. The molecule has 0 aliphatic rings. The maximum absolute atomic E-state index is 13.9. The zero-order valence-corrected chi connectivity index (χ0v) is 17.6. The Bertz CT molecular complexity index is 969. The van der Waals surface area contributed by atoms with Crippen LogP contribution in [0.1, 0.15) is 41.6 Å². The lowest BCUT2D eigenvalue weighted by Crippen LogP contribution is -2.27. The highest BCUT2D eigenvalue weighted by atomic mass is 32.2. The van der Waals surface area contributed by atoms with Gasteiger partial charge in [0.1, 0.15) is 16.4 Å². The lowest BCUT2D eigenvalue weighted by atomic mass is 10.2. The van der Waals surface area contributed by atoms with Crippen LogP contribution in [0.3, 0.4) is 0 Å².